The van der Waals surface area contributed by atoms with Crippen molar-refractivity contribution in [2.24, 2.45) is 0 Å². The van der Waals surface area contributed by atoms with Gasteiger partial charge in [0.05, 0.1) is 12.9 Å². The molecule has 2 unspecified atom stereocenters. The smallest absolute Gasteiger partial charge is 0.321 e. The average molecular weight is 483 g/mol. The molecule has 2 aromatic heterocycles. The van der Waals surface area contributed by atoms with Crippen LogP contribution >= 0.6 is 0 Å². The van der Waals surface area contributed by atoms with E-state index in [9.17, 15) is 19.8 Å². The normalized spacial score (nSPS) is 23.9. The molecule has 1 saturated heterocycles. The molecule has 13 heteroatoms. The standard InChI is InChI=1S/C22H26N8O5/c1-29(22(34)26-11-5-3-2-4-6-11)9-13-27-18(23)14-19(28-13)30(10-24-14)21-16(32)15(31)17(35-21)20(33)25-12-7-8-12/h2-6,10,12,15-17,21,31-32H,7-9H2,1H3,(H,25,33)(H,26,34)(H2,23,27,28)/t15?,16?,17-,21+/m0/s1. The Morgan fingerprint density at radius 1 is 1.20 bits per heavy atom. The molecule has 2 fully saturated rings. The van der Waals surface area contributed by atoms with Crippen LogP contribution in [0.25, 0.3) is 11.2 Å². The Balaban J connectivity index is 1.35. The molecule has 3 amide bonds. The van der Waals surface area contributed by atoms with Crippen LogP contribution in [0.3, 0.4) is 0 Å². The molecule has 5 rings (SSSR count). The van der Waals surface area contributed by atoms with Gasteiger partial charge < -0.3 is 36.2 Å². The second-order valence-corrected chi connectivity index (χ2v) is 8.71. The zero-order valence-electron chi connectivity index (χ0n) is 18.9. The highest BCUT2D eigenvalue weighted by Gasteiger charge is 2.48. The summed E-state index contributed by atoms with van der Waals surface area (Å²) in [6.07, 6.45) is -2.07. The van der Waals surface area contributed by atoms with E-state index in [-0.39, 0.29) is 41.4 Å². The van der Waals surface area contributed by atoms with Crippen molar-refractivity contribution in [2.75, 3.05) is 18.1 Å². The van der Waals surface area contributed by atoms with Crippen LogP contribution < -0.4 is 16.4 Å². The van der Waals surface area contributed by atoms with Crippen LogP contribution in [-0.2, 0) is 16.1 Å². The highest BCUT2D eigenvalue weighted by Crippen LogP contribution is 2.33. The number of aliphatic hydroxyl groups excluding tert-OH is 2. The average Bonchev–Trinajstić information content (AvgIpc) is 3.47. The summed E-state index contributed by atoms with van der Waals surface area (Å²) in [6, 6.07) is 8.72. The number of aromatic nitrogens is 4. The first-order valence-corrected chi connectivity index (χ1v) is 11.2. The minimum absolute atomic E-state index is 0.0348. The summed E-state index contributed by atoms with van der Waals surface area (Å²) >= 11 is 0. The van der Waals surface area contributed by atoms with Gasteiger partial charge in [-0.15, -0.1) is 0 Å². The molecule has 0 bridgehead atoms. The fourth-order valence-electron chi connectivity index (χ4n) is 3.88. The zero-order chi connectivity index (χ0) is 24.7. The number of amides is 3. The van der Waals surface area contributed by atoms with Crippen LogP contribution in [-0.4, -0.2) is 78.0 Å². The molecule has 35 heavy (non-hydrogen) atoms. The molecule has 4 atom stereocenters. The molecule has 1 aromatic carbocycles. The number of hydrogen-bond acceptors (Lipinski definition) is 9. The topological polar surface area (TPSA) is 181 Å². The third-order valence-corrected chi connectivity index (χ3v) is 5.94. The van der Waals surface area contributed by atoms with Crippen molar-refractivity contribution in [3.8, 4) is 0 Å². The Kier molecular flexibility index (Phi) is 5.96. The van der Waals surface area contributed by atoms with E-state index < -0.39 is 30.4 Å². The summed E-state index contributed by atoms with van der Waals surface area (Å²) in [6.45, 7) is 0.0348. The number of anilines is 2. The molecule has 2 aliphatic rings. The van der Waals surface area contributed by atoms with Gasteiger partial charge in [-0.3, -0.25) is 9.36 Å². The highest BCUT2D eigenvalue weighted by atomic mass is 16.6. The van der Waals surface area contributed by atoms with Crippen molar-refractivity contribution in [2.45, 2.75) is 50.0 Å². The maximum Gasteiger partial charge on any atom is 0.321 e. The summed E-state index contributed by atoms with van der Waals surface area (Å²) < 4.78 is 7.13. The number of imidazole rings is 1. The van der Waals surface area contributed by atoms with E-state index in [1.54, 1.807) is 19.2 Å². The van der Waals surface area contributed by atoms with E-state index in [1.165, 1.54) is 15.8 Å². The number of nitrogens with zero attached hydrogens (tertiary/aromatic N) is 5. The van der Waals surface area contributed by atoms with Crippen molar-refractivity contribution in [1.29, 1.82) is 0 Å². The van der Waals surface area contributed by atoms with Gasteiger partial charge in [0, 0.05) is 18.8 Å². The van der Waals surface area contributed by atoms with Gasteiger partial charge in [0.2, 0.25) is 0 Å². The van der Waals surface area contributed by atoms with Crippen LogP contribution in [0.15, 0.2) is 36.7 Å². The zero-order valence-corrected chi connectivity index (χ0v) is 18.9. The minimum Gasteiger partial charge on any atom is -0.387 e. The number of carbonyl (C=O) groups is 2. The maximum absolute atomic E-state index is 12.5. The molecule has 0 radical (unpaired) electrons. The molecule has 1 saturated carbocycles. The van der Waals surface area contributed by atoms with Gasteiger partial charge in [0.1, 0.15) is 17.7 Å². The number of hydrogen-bond donors (Lipinski definition) is 5. The van der Waals surface area contributed by atoms with Crippen molar-refractivity contribution in [3.63, 3.8) is 0 Å². The van der Waals surface area contributed by atoms with Gasteiger partial charge >= 0.3 is 6.03 Å². The number of benzene rings is 1. The number of nitrogen functional groups attached to an aromatic ring is 1. The van der Waals surface area contributed by atoms with Crippen molar-refractivity contribution >= 4 is 34.6 Å². The Morgan fingerprint density at radius 2 is 1.94 bits per heavy atom. The molecular formula is C22H26N8O5. The lowest BCUT2D eigenvalue weighted by Gasteiger charge is -2.19. The van der Waals surface area contributed by atoms with Crippen molar-refractivity contribution < 1.29 is 24.5 Å². The summed E-state index contributed by atoms with van der Waals surface area (Å²) in [5.41, 5.74) is 7.23. The summed E-state index contributed by atoms with van der Waals surface area (Å²) in [5, 5.41) is 26.6. The molecule has 1 aliphatic carbocycles. The monoisotopic (exact) mass is 482 g/mol. The van der Waals surface area contributed by atoms with E-state index in [4.69, 9.17) is 10.5 Å². The molecule has 13 nitrogen and oxygen atoms in total. The van der Waals surface area contributed by atoms with Crippen LogP contribution in [0.2, 0.25) is 0 Å². The van der Waals surface area contributed by atoms with Crippen LogP contribution in [0.1, 0.15) is 24.9 Å². The third-order valence-electron chi connectivity index (χ3n) is 5.94. The second-order valence-electron chi connectivity index (χ2n) is 8.71. The van der Waals surface area contributed by atoms with Crippen molar-refractivity contribution in [3.05, 3.63) is 42.5 Å². The number of carbonyl (C=O) groups excluding carboxylic acids is 2. The van der Waals surface area contributed by atoms with Gasteiger partial charge in [0.15, 0.2) is 29.6 Å². The van der Waals surface area contributed by atoms with Gasteiger partial charge in [-0.25, -0.2) is 19.7 Å². The molecule has 0 spiro atoms. The summed E-state index contributed by atoms with van der Waals surface area (Å²) in [7, 11) is 1.59. The second kappa shape index (κ2) is 9.09. The van der Waals surface area contributed by atoms with E-state index in [0.717, 1.165) is 12.8 Å². The van der Waals surface area contributed by atoms with Gasteiger partial charge in [-0.1, -0.05) is 18.2 Å². The fraction of sp³-hybridized carbons (Fsp3) is 0.409. The third kappa shape index (κ3) is 4.60. The van der Waals surface area contributed by atoms with E-state index in [1.807, 2.05) is 18.2 Å². The lowest BCUT2D eigenvalue weighted by molar-refractivity contribution is -0.137. The molecular weight excluding hydrogens is 456 g/mol. The van der Waals surface area contributed by atoms with E-state index >= 15 is 0 Å². The molecule has 184 valence electrons. The molecule has 3 heterocycles. The SMILES string of the molecule is CN(Cc1nc(N)c2ncn([C@@H]3O[C@H](C(=O)NC4CC4)C(O)C3O)c2n1)C(=O)Nc1ccccc1. The van der Waals surface area contributed by atoms with E-state index in [2.05, 4.69) is 25.6 Å². The predicted octanol–water partition coefficient (Wildman–Crippen LogP) is -0.0298. The van der Waals surface area contributed by atoms with Crippen molar-refractivity contribution in [1.82, 2.24) is 29.7 Å². The highest BCUT2D eigenvalue weighted by molar-refractivity contribution is 5.89. The number of nitrogens with one attached hydrogen (secondary N) is 2. The van der Waals surface area contributed by atoms with Crippen LogP contribution in [0, 0.1) is 0 Å². The van der Waals surface area contributed by atoms with E-state index in [0.29, 0.717) is 5.69 Å². The largest absolute Gasteiger partial charge is 0.387 e. The molecule has 6 N–H and O–H groups in total. The number of urea groups is 1. The van der Waals surface area contributed by atoms with Gasteiger partial charge in [-0.05, 0) is 25.0 Å². The first kappa shape index (κ1) is 23.0. The quantitative estimate of drug-likeness (QED) is 0.322. The number of nitrogens with two attached hydrogens (primary N) is 1. The molecule has 1 aliphatic heterocycles. The lowest BCUT2D eigenvalue weighted by atomic mass is 10.1. The summed E-state index contributed by atoms with van der Waals surface area (Å²) in [5.74, 6) is -0.165. The Hall–Kier alpha value is -3.81. The Labute approximate surface area is 199 Å². The first-order chi connectivity index (χ1) is 16.8. The van der Waals surface area contributed by atoms with Crippen LogP contribution in [0.4, 0.5) is 16.3 Å². The minimum atomic E-state index is -1.43. The number of rotatable bonds is 6. The van der Waals surface area contributed by atoms with Gasteiger partial charge in [-0.2, -0.15) is 0 Å². The van der Waals surface area contributed by atoms with Crippen LogP contribution in [0.5, 0.6) is 0 Å². The number of ether oxygens (including phenoxy) is 1. The fourth-order valence-corrected chi connectivity index (χ4v) is 3.88. The number of aliphatic hydroxyl groups is 2. The first-order valence-electron chi connectivity index (χ1n) is 11.2. The maximum atomic E-state index is 12.5. The predicted molar refractivity (Wildman–Crippen MR) is 124 cm³/mol. The molecule has 3 aromatic rings. The Morgan fingerprint density at radius 3 is 2.66 bits per heavy atom. The summed E-state index contributed by atoms with van der Waals surface area (Å²) in [4.78, 5) is 39.3. The number of fused-ring (bicyclic) bond motifs is 1. The number of para-hydroxylation sites is 1. The van der Waals surface area contributed by atoms with Gasteiger partial charge in [0.25, 0.3) is 5.91 Å². The lowest BCUT2D eigenvalue weighted by Crippen LogP contribution is -2.43. The Bertz CT molecular complexity index is 1250.